The van der Waals surface area contributed by atoms with Crippen LogP contribution in [0.1, 0.15) is 84.2 Å². The van der Waals surface area contributed by atoms with E-state index in [2.05, 4.69) is 0 Å². The molecule has 0 spiro atoms. The molecule has 0 bridgehead atoms. The number of carbonyl (C=O) groups is 12. The van der Waals surface area contributed by atoms with Crippen LogP contribution in [0.25, 0.3) is 0 Å². The van der Waals surface area contributed by atoms with Gasteiger partial charge >= 0.3 is 219 Å². The van der Waals surface area contributed by atoms with Crippen LogP contribution in [0, 0.1) is 0 Å². The van der Waals surface area contributed by atoms with E-state index < -0.39 is 71.6 Å². The number of aliphatic carboxylic acids is 12. The molecular formula is C24H41Na5O24. The number of carboxylic acid groups (broad SMARTS) is 12. The maximum Gasteiger partial charge on any atom is 1.00 e. The molecule has 0 atom stereocenters. The van der Waals surface area contributed by atoms with Crippen molar-refractivity contribution in [3.8, 4) is 0 Å². The summed E-state index contributed by atoms with van der Waals surface area (Å²) in [7, 11) is 0. The van der Waals surface area contributed by atoms with Crippen molar-refractivity contribution in [2.24, 2.45) is 0 Å². The molecule has 24 nitrogen and oxygen atoms in total. The second kappa shape index (κ2) is 57.4. The van der Waals surface area contributed by atoms with Gasteiger partial charge in [-0.3, -0.25) is 57.5 Å². The molecule has 12 N–H and O–H groups in total. The standard InChI is InChI=1S/6C4H6O4.5Na.5H/c6*5-3(6)1-2-4(7)8;;;;;;;;;;/h6*1-2H2,(H,5,6)(H,7,8);;;;;;;;;;/q;;;;;;5*+1;5*-1. The monoisotopic (exact) mass is 828 g/mol. The summed E-state index contributed by atoms with van der Waals surface area (Å²) >= 11 is 0. The Morgan fingerprint density at radius 3 is 0.245 bits per heavy atom. The first-order valence-corrected chi connectivity index (χ1v) is 12.4. The van der Waals surface area contributed by atoms with Gasteiger partial charge in [0.25, 0.3) is 0 Å². The topological polar surface area (TPSA) is 448 Å². The summed E-state index contributed by atoms with van der Waals surface area (Å²) in [5.74, 6) is -12.9. The van der Waals surface area contributed by atoms with Crippen molar-refractivity contribution in [1.82, 2.24) is 0 Å². The minimum absolute atomic E-state index is 0. The van der Waals surface area contributed by atoms with Gasteiger partial charge in [-0.1, -0.05) is 0 Å². The normalized spacial score (nSPS) is 7.70. The Bertz CT molecular complexity index is 821. The zero-order chi connectivity index (χ0) is 39.4. The Morgan fingerprint density at radius 1 is 0.189 bits per heavy atom. The molecule has 29 heteroatoms. The van der Waals surface area contributed by atoms with E-state index >= 15 is 0 Å². The third-order valence-electron chi connectivity index (χ3n) is 3.32. The van der Waals surface area contributed by atoms with Crippen LogP contribution in [-0.4, -0.2) is 133 Å². The van der Waals surface area contributed by atoms with Crippen LogP contribution in [0.5, 0.6) is 0 Å². The van der Waals surface area contributed by atoms with Crippen LogP contribution >= 0.6 is 0 Å². The van der Waals surface area contributed by atoms with E-state index in [1.165, 1.54) is 0 Å². The molecule has 0 aromatic carbocycles. The summed E-state index contributed by atoms with van der Waals surface area (Å²) in [5.41, 5.74) is 0. The Morgan fingerprint density at radius 2 is 0.226 bits per heavy atom. The molecule has 0 unspecified atom stereocenters. The molecule has 0 radical (unpaired) electrons. The van der Waals surface area contributed by atoms with Gasteiger partial charge in [-0.15, -0.1) is 0 Å². The van der Waals surface area contributed by atoms with Crippen LogP contribution in [0.15, 0.2) is 0 Å². The van der Waals surface area contributed by atoms with Crippen LogP contribution in [-0.2, 0) is 57.5 Å². The third kappa shape index (κ3) is 146. The van der Waals surface area contributed by atoms with Gasteiger partial charge in [0.15, 0.2) is 0 Å². The Kier molecular flexibility index (Phi) is 86.8. The Hall–Kier alpha value is -1.36. The third-order valence-corrected chi connectivity index (χ3v) is 3.32. The van der Waals surface area contributed by atoms with Gasteiger partial charge in [-0.25, -0.2) is 0 Å². The molecule has 0 saturated heterocycles. The van der Waals surface area contributed by atoms with Crippen LogP contribution in [0.4, 0.5) is 0 Å². The summed E-state index contributed by atoms with van der Waals surface area (Å²) in [6, 6.07) is 0. The van der Waals surface area contributed by atoms with Crippen molar-refractivity contribution in [2.75, 3.05) is 0 Å². The van der Waals surface area contributed by atoms with Crippen molar-refractivity contribution >= 4 is 71.6 Å². The van der Waals surface area contributed by atoms with Gasteiger partial charge in [0, 0.05) is 0 Å². The fourth-order valence-corrected chi connectivity index (χ4v) is 1.28. The quantitative estimate of drug-likeness (QED) is 0.0571. The molecule has 0 rings (SSSR count). The molecule has 53 heavy (non-hydrogen) atoms. The molecule has 0 heterocycles. The smallest absolute Gasteiger partial charge is 1.00 e. The molecular weight excluding hydrogens is 787 g/mol. The predicted octanol–water partition coefficient (Wildman–Crippen LogP) is -14.8. The minimum Gasteiger partial charge on any atom is -1.00 e. The van der Waals surface area contributed by atoms with Gasteiger partial charge in [0.05, 0.1) is 77.0 Å². The maximum absolute atomic E-state index is 9.64. The molecule has 0 aromatic heterocycles. The van der Waals surface area contributed by atoms with E-state index in [0.29, 0.717) is 0 Å². The van der Waals surface area contributed by atoms with Gasteiger partial charge in [0.2, 0.25) is 0 Å². The average Bonchev–Trinajstić information content (AvgIpc) is 2.92. The second-order valence-corrected chi connectivity index (χ2v) is 7.72. The molecule has 0 fully saturated rings. The maximum atomic E-state index is 9.64. The van der Waals surface area contributed by atoms with Crippen molar-refractivity contribution in [3.05, 3.63) is 0 Å². The van der Waals surface area contributed by atoms with E-state index in [1.807, 2.05) is 0 Å². The number of rotatable bonds is 18. The van der Waals surface area contributed by atoms with Crippen molar-refractivity contribution < 1.29 is 274 Å². The summed E-state index contributed by atoms with van der Waals surface area (Å²) in [6.07, 6.45) is -3.56. The predicted molar refractivity (Wildman–Crippen MR) is 153 cm³/mol. The summed E-state index contributed by atoms with van der Waals surface area (Å²) in [6.45, 7) is 0. The molecule has 0 amide bonds. The molecule has 0 aromatic rings. The SMILES string of the molecule is O=C(O)CCC(=O)O.O=C(O)CCC(=O)O.O=C(O)CCC(=O)O.O=C(O)CCC(=O)O.O=C(O)CCC(=O)O.O=C(O)CCC(=O)O.[H-].[H-].[H-].[H-].[H-].[Na+].[Na+].[Na+].[Na+].[Na+]. The molecule has 0 aliphatic heterocycles. The zero-order valence-electron chi connectivity index (χ0n) is 34.8. The minimum atomic E-state index is -1.08. The summed E-state index contributed by atoms with van der Waals surface area (Å²) < 4.78 is 0. The number of carboxylic acids is 12. The number of hydrogen-bond acceptors (Lipinski definition) is 12. The van der Waals surface area contributed by atoms with Gasteiger partial charge < -0.3 is 68.4 Å². The van der Waals surface area contributed by atoms with E-state index in [9.17, 15) is 57.5 Å². The van der Waals surface area contributed by atoms with Crippen LogP contribution in [0.3, 0.4) is 0 Å². The van der Waals surface area contributed by atoms with Crippen molar-refractivity contribution in [3.63, 3.8) is 0 Å². The van der Waals surface area contributed by atoms with E-state index in [1.54, 1.807) is 0 Å². The van der Waals surface area contributed by atoms with E-state index in [-0.39, 0.29) is 232 Å². The van der Waals surface area contributed by atoms with Crippen molar-refractivity contribution in [2.45, 2.75) is 77.0 Å². The fourth-order valence-electron chi connectivity index (χ4n) is 1.28. The van der Waals surface area contributed by atoms with Gasteiger partial charge in [-0.05, 0) is 0 Å². The number of hydrogen-bond donors (Lipinski definition) is 12. The Labute approximate surface area is 417 Å². The zero-order valence-corrected chi connectivity index (χ0v) is 39.8. The fraction of sp³-hybridized carbons (Fsp3) is 0.500. The molecule has 0 aliphatic carbocycles. The first kappa shape index (κ1) is 80.2. The second-order valence-electron chi connectivity index (χ2n) is 7.72. The van der Waals surface area contributed by atoms with Crippen LogP contribution < -0.4 is 148 Å². The summed E-state index contributed by atoms with van der Waals surface area (Å²) in [4.78, 5) is 116. The first-order chi connectivity index (χ1) is 21.8. The van der Waals surface area contributed by atoms with E-state index in [4.69, 9.17) is 61.3 Å². The van der Waals surface area contributed by atoms with Gasteiger partial charge in [-0.2, -0.15) is 0 Å². The largest absolute Gasteiger partial charge is 1.00 e. The Balaban J connectivity index is -0.0000000252. The molecule has 0 aliphatic rings. The first-order valence-electron chi connectivity index (χ1n) is 12.4. The van der Waals surface area contributed by atoms with Crippen LogP contribution in [0.2, 0.25) is 0 Å². The molecule has 286 valence electrons. The summed E-state index contributed by atoms with van der Waals surface area (Å²) in [5, 5.41) is 94.8. The average molecular weight is 829 g/mol. The molecule has 0 saturated carbocycles. The van der Waals surface area contributed by atoms with E-state index in [0.717, 1.165) is 0 Å². The van der Waals surface area contributed by atoms with Crippen molar-refractivity contribution in [1.29, 1.82) is 0 Å². The van der Waals surface area contributed by atoms with Gasteiger partial charge in [0.1, 0.15) is 0 Å².